The number of fused-ring (bicyclic) bond motifs is 14. The van der Waals surface area contributed by atoms with Crippen LogP contribution in [0.5, 0.6) is 11.5 Å². The van der Waals surface area contributed by atoms with Crippen molar-refractivity contribution in [3.63, 3.8) is 0 Å². The number of benzene rings is 10. The molecule has 0 atom stereocenters. The first-order valence-corrected chi connectivity index (χ1v) is 23.8. The van der Waals surface area contributed by atoms with Gasteiger partial charge in [0.05, 0.1) is 33.2 Å². The standard InChI is InChI=1S/C64H39N5O/c1-4-18-40(19-5-1)61-65-62(41-20-6-2-7-21-41)67-63(66-61)47-26-17-31-55-59(47)48-38-42(35-37-54(48)68(55)44-22-8-3-9-23-44)43-34-36-49-56(39-43)69-53-30-13-10-24-45(53)46-25-16-29-52(60(46)69)64(49)50-27-11-14-32-57(50)70-58-33-15-12-28-51(58)64/h1-39H. The van der Waals surface area contributed by atoms with Crippen molar-refractivity contribution in [3.05, 3.63) is 259 Å². The molecule has 6 heteroatoms. The first-order valence-electron chi connectivity index (χ1n) is 23.8. The number of aromatic nitrogens is 5. The van der Waals surface area contributed by atoms with E-state index < -0.39 is 5.41 Å². The van der Waals surface area contributed by atoms with Gasteiger partial charge in [0.1, 0.15) is 11.5 Å². The summed E-state index contributed by atoms with van der Waals surface area (Å²) in [7, 11) is 0. The Morgan fingerprint density at radius 3 is 1.61 bits per heavy atom. The highest BCUT2D eigenvalue weighted by molar-refractivity contribution is 6.16. The van der Waals surface area contributed by atoms with Gasteiger partial charge in [-0.2, -0.15) is 0 Å². The van der Waals surface area contributed by atoms with Crippen LogP contribution in [0.25, 0.3) is 100 Å². The molecular formula is C64H39N5O. The Morgan fingerprint density at radius 2 is 0.886 bits per heavy atom. The maximum absolute atomic E-state index is 6.74. The predicted molar refractivity (Wildman–Crippen MR) is 282 cm³/mol. The lowest BCUT2D eigenvalue weighted by molar-refractivity contribution is 0.434. The molecule has 2 aliphatic rings. The van der Waals surface area contributed by atoms with E-state index in [1.54, 1.807) is 0 Å². The van der Waals surface area contributed by atoms with E-state index in [-0.39, 0.29) is 0 Å². The third-order valence-corrected chi connectivity index (χ3v) is 14.6. The van der Waals surface area contributed by atoms with Crippen LogP contribution in [0, 0.1) is 0 Å². The van der Waals surface area contributed by atoms with E-state index in [1.807, 2.05) is 36.4 Å². The smallest absolute Gasteiger partial charge is 0.164 e. The summed E-state index contributed by atoms with van der Waals surface area (Å²) in [5, 5.41) is 4.65. The van der Waals surface area contributed by atoms with Crippen molar-refractivity contribution in [3.8, 4) is 68.2 Å². The molecule has 0 radical (unpaired) electrons. The van der Waals surface area contributed by atoms with E-state index in [9.17, 15) is 0 Å². The average molecular weight is 894 g/mol. The molecule has 5 heterocycles. The molecule has 0 aliphatic carbocycles. The van der Waals surface area contributed by atoms with Crippen LogP contribution in [-0.4, -0.2) is 24.1 Å². The molecule has 0 saturated carbocycles. The lowest BCUT2D eigenvalue weighted by atomic mass is 9.61. The van der Waals surface area contributed by atoms with Crippen LogP contribution in [-0.2, 0) is 5.41 Å². The van der Waals surface area contributed by atoms with E-state index in [2.05, 4.69) is 209 Å². The fourth-order valence-corrected chi connectivity index (χ4v) is 11.7. The van der Waals surface area contributed by atoms with Crippen LogP contribution in [0.15, 0.2) is 237 Å². The van der Waals surface area contributed by atoms with Gasteiger partial charge in [-0.05, 0) is 76.9 Å². The maximum atomic E-state index is 6.74. The molecule has 326 valence electrons. The first-order chi connectivity index (χ1) is 34.7. The van der Waals surface area contributed by atoms with Crippen LogP contribution in [0.4, 0.5) is 0 Å². The minimum absolute atomic E-state index is 0.620. The molecule has 13 aromatic rings. The molecule has 10 aromatic carbocycles. The van der Waals surface area contributed by atoms with Gasteiger partial charge in [-0.25, -0.2) is 15.0 Å². The predicted octanol–water partition coefficient (Wildman–Crippen LogP) is 15.5. The van der Waals surface area contributed by atoms with Gasteiger partial charge < -0.3 is 13.9 Å². The third kappa shape index (κ3) is 5.41. The van der Waals surface area contributed by atoms with Crippen molar-refractivity contribution in [1.29, 1.82) is 0 Å². The number of hydrogen-bond acceptors (Lipinski definition) is 4. The largest absolute Gasteiger partial charge is 0.457 e. The molecule has 0 N–H and O–H groups in total. The summed E-state index contributed by atoms with van der Waals surface area (Å²) in [4.78, 5) is 15.6. The van der Waals surface area contributed by atoms with E-state index in [0.29, 0.717) is 17.5 Å². The van der Waals surface area contributed by atoms with Gasteiger partial charge >= 0.3 is 0 Å². The fraction of sp³-hybridized carbons (Fsp3) is 0.0156. The molecular weight excluding hydrogens is 855 g/mol. The van der Waals surface area contributed by atoms with Crippen molar-refractivity contribution < 1.29 is 4.74 Å². The highest BCUT2D eigenvalue weighted by atomic mass is 16.5. The fourth-order valence-electron chi connectivity index (χ4n) is 11.7. The van der Waals surface area contributed by atoms with E-state index in [4.69, 9.17) is 19.7 Å². The van der Waals surface area contributed by atoms with Gasteiger partial charge in [0, 0.05) is 55.0 Å². The second-order valence-corrected chi connectivity index (χ2v) is 18.3. The molecule has 0 fully saturated rings. The summed E-state index contributed by atoms with van der Waals surface area (Å²) < 4.78 is 11.6. The maximum Gasteiger partial charge on any atom is 0.164 e. The lowest BCUT2D eigenvalue weighted by Crippen LogP contribution is -2.37. The Hall–Kier alpha value is -9.39. The Bertz CT molecular complexity index is 4170. The minimum atomic E-state index is -0.646. The summed E-state index contributed by atoms with van der Waals surface area (Å²) in [6, 6.07) is 84.4. The number of ether oxygens (including phenoxy) is 1. The van der Waals surface area contributed by atoms with Crippen molar-refractivity contribution in [2.24, 2.45) is 0 Å². The highest BCUT2D eigenvalue weighted by Gasteiger charge is 2.50. The molecule has 0 bridgehead atoms. The van der Waals surface area contributed by atoms with Gasteiger partial charge in [-0.15, -0.1) is 0 Å². The quantitative estimate of drug-likeness (QED) is 0.173. The lowest BCUT2D eigenvalue weighted by Gasteiger charge is -2.45. The van der Waals surface area contributed by atoms with Crippen LogP contribution in [0.3, 0.4) is 0 Å². The van der Waals surface area contributed by atoms with Crippen molar-refractivity contribution >= 4 is 43.6 Å². The van der Waals surface area contributed by atoms with Gasteiger partial charge in [0.15, 0.2) is 17.5 Å². The zero-order valence-electron chi connectivity index (χ0n) is 37.7. The number of para-hydroxylation sites is 5. The van der Waals surface area contributed by atoms with Crippen molar-refractivity contribution in [1.82, 2.24) is 24.1 Å². The Balaban J connectivity index is 1.01. The second-order valence-electron chi connectivity index (χ2n) is 18.3. The topological polar surface area (TPSA) is 57.8 Å². The van der Waals surface area contributed by atoms with Crippen molar-refractivity contribution in [2.75, 3.05) is 0 Å². The van der Waals surface area contributed by atoms with Crippen LogP contribution >= 0.6 is 0 Å². The highest BCUT2D eigenvalue weighted by Crippen LogP contribution is 2.60. The zero-order valence-corrected chi connectivity index (χ0v) is 37.7. The first kappa shape index (κ1) is 38.7. The van der Waals surface area contributed by atoms with Gasteiger partial charge in [-0.3, -0.25) is 0 Å². The monoisotopic (exact) mass is 893 g/mol. The molecule has 0 saturated heterocycles. The molecule has 0 unspecified atom stereocenters. The molecule has 6 nitrogen and oxygen atoms in total. The molecule has 70 heavy (non-hydrogen) atoms. The molecule has 15 rings (SSSR count). The SMILES string of the molecule is c1ccc(-c2nc(-c3ccccc3)nc(-c3cccc4c3c3cc(-c5ccc6c(c5)-n5c7ccccc7c7cccc(c75)C65c6ccccc6Oc6ccccc65)ccc3n4-c3ccccc3)n2)cc1. The molecule has 1 spiro atoms. The Morgan fingerprint density at radius 1 is 0.343 bits per heavy atom. The third-order valence-electron chi connectivity index (χ3n) is 14.6. The summed E-state index contributed by atoms with van der Waals surface area (Å²) in [6.45, 7) is 0. The Labute approximate surface area is 403 Å². The molecule has 2 aliphatic heterocycles. The summed E-state index contributed by atoms with van der Waals surface area (Å²) in [5.41, 5.74) is 15.9. The minimum Gasteiger partial charge on any atom is -0.457 e. The second kappa shape index (κ2) is 14.8. The summed E-state index contributed by atoms with van der Waals surface area (Å²) in [5.74, 6) is 3.62. The van der Waals surface area contributed by atoms with E-state index in [0.717, 1.165) is 83.6 Å². The summed E-state index contributed by atoms with van der Waals surface area (Å²) in [6.07, 6.45) is 0. The number of hydrogen-bond donors (Lipinski definition) is 0. The van der Waals surface area contributed by atoms with E-state index in [1.165, 1.54) is 32.9 Å². The normalized spacial score (nSPS) is 13.1. The number of nitrogens with zero attached hydrogens (tertiary/aromatic N) is 5. The van der Waals surface area contributed by atoms with Gasteiger partial charge in [0.25, 0.3) is 0 Å². The average Bonchev–Trinajstić information content (AvgIpc) is 3.96. The zero-order chi connectivity index (χ0) is 45.9. The summed E-state index contributed by atoms with van der Waals surface area (Å²) >= 11 is 0. The van der Waals surface area contributed by atoms with E-state index >= 15 is 0 Å². The van der Waals surface area contributed by atoms with Gasteiger partial charge in [0.2, 0.25) is 0 Å². The van der Waals surface area contributed by atoms with Crippen molar-refractivity contribution in [2.45, 2.75) is 5.41 Å². The van der Waals surface area contributed by atoms with Crippen LogP contribution < -0.4 is 4.74 Å². The van der Waals surface area contributed by atoms with Crippen LogP contribution in [0.2, 0.25) is 0 Å². The van der Waals surface area contributed by atoms with Gasteiger partial charge in [-0.1, -0.05) is 182 Å². The Kier molecular flexibility index (Phi) is 8.18. The number of rotatable bonds is 5. The van der Waals surface area contributed by atoms with Crippen LogP contribution in [0.1, 0.15) is 22.3 Å². The molecule has 3 aromatic heterocycles. The molecule has 0 amide bonds.